The number of halogens is 1. The van der Waals surface area contributed by atoms with Crippen molar-refractivity contribution in [2.75, 3.05) is 7.11 Å². The molecule has 0 fully saturated rings. The topological polar surface area (TPSA) is 39.2 Å². The van der Waals surface area contributed by atoms with Crippen molar-refractivity contribution in [3.8, 4) is 16.9 Å². The first-order valence-corrected chi connectivity index (χ1v) is 8.76. The molecular weight excluding hydrogens is 378 g/mol. The zero-order valence-electron chi connectivity index (χ0n) is 14.1. The minimum absolute atomic E-state index is 0.0286. The number of rotatable bonds is 5. The van der Waals surface area contributed by atoms with Crippen molar-refractivity contribution in [2.45, 2.75) is 13.3 Å². The molecule has 0 aliphatic carbocycles. The number of hydrogen-bond acceptors (Lipinski definition) is 3. The number of benzene rings is 2. The van der Waals surface area contributed by atoms with Crippen LogP contribution in [0.2, 0.25) is 0 Å². The molecule has 0 saturated heterocycles. The van der Waals surface area contributed by atoms with Gasteiger partial charge in [0.25, 0.3) is 0 Å². The summed E-state index contributed by atoms with van der Waals surface area (Å²) in [5, 5.41) is 0. The third-order valence-electron chi connectivity index (χ3n) is 4.21. The first-order chi connectivity index (χ1) is 12.1. The van der Waals surface area contributed by atoms with Crippen LogP contribution in [0.5, 0.6) is 5.75 Å². The Morgan fingerprint density at radius 1 is 1.12 bits per heavy atom. The lowest BCUT2D eigenvalue weighted by molar-refractivity contribution is 0.0987. The Balaban J connectivity index is 1.90. The Labute approximate surface area is 155 Å². The number of carbonyl (C=O) groups excluding carboxylic acids is 1. The van der Waals surface area contributed by atoms with Gasteiger partial charge in [0.15, 0.2) is 5.78 Å². The monoisotopic (exact) mass is 395 g/mol. The molecule has 0 saturated carbocycles. The minimum Gasteiger partial charge on any atom is -0.495 e. The van der Waals surface area contributed by atoms with Crippen molar-refractivity contribution in [2.24, 2.45) is 0 Å². The Morgan fingerprint density at radius 3 is 2.60 bits per heavy atom. The molecule has 25 heavy (non-hydrogen) atoms. The van der Waals surface area contributed by atoms with E-state index in [1.807, 2.05) is 30.3 Å². The lowest BCUT2D eigenvalue weighted by Crippen LogP contribution is -2.08. The zero-order chi connectivity index (χ0) is 17.8. The maximum atomic E-state index is 12.7. The lowest BCUT2D eigenvalue weighted by atomic mass is 9.93. The molecule has 2 aromatic carbocycles. The second kappa shape index (κ2) is 7.62. The van der Waals surface area contributed by atoms with Gasteiger partial charge < -0.3 is 4.74 Å². The average molecular weight is 396 g/mol. The van der Waals surface area contributed by atoms with Gasteiger partial charge in [-0.25, -0.2) is 0 Å². The van der Waals surface area contributed by atoms with E-state index in [1.165, 1.54) is 0 Å². The van der Waals surface area contributed by atoms with Crippen LogP contribution in [0.1, 0.15) is 21.6 Å². The van der Waals surface area contributed by atoms with E-state index in [1.54, 1.807) is 19.4 Å². The number of ether oxygens (including phenoxy) is 1. The lowest BCUT2D eigenvalue weighted by Gasteiger charge is -2.11. The molecule has 1 heterocycles. The highest BCUT2D eigenvalue weighted by molar-refractivity contribution is 9.10. The standard InChI is InChI=1S/C21H18BrNO2/c1-14-16(9-6-10-17(14)15-7-4-3-5-8-15)11-20(24)19-12-21(25-2)18(22)13-23-19/h3-10,12-13H,11H2,1-2H3. The smallest absolute Gasteiger partial charge is 0.185 e. The molecule has 0 bridgehead atoms. The fraction of sp³-hybridized carbons (Fsp3) is 0.143. The van der Waals surface area contributed by atoms with Crippen molar-refractivity contribution in [3.63, 3.8) is 0 Å². The molecule has 3 nitrogen and oxygen atoms in total. The molecule has 0 atom stereocenters. The molecule has 0 unspecified atom stereocenters. The summed E-state index contributed by atoms with van der Waals surface area (Å²) in [6, 6.07) is 17.9. The van der Waals surface area contributed by atoms with Crippen molar-refractivity contribution >= 4 is 21.7 Å². The number of carbonyl (C=O) groups is 1. The van der Waals surface area contributed by atoms with Crippen LogP contribution in [0.4, 0.5) is 0 Å². The van der Waals surface area contributed by atoms with Crippen LogP contribution in [0, 0.1) is 6.92 Å². The highest BCUT2D eigenvalue weighted by Crippen LogP contribution is 2.27. The third-order valence-corrected chi connectivity index (χ3v) is 4.80. The molecule has 0 spiro atoms. The Bertz CT molecular complexity index is 907. The molecule has 0 amide bonds. The summed E-state index contributed by atoms with van der Waals surface area (Å²) in [5.74, 6) is 0.576. The Kier molecular flexibility index (Phi) is 5.29. The highest BCUT2D eigenvalue weighted by Gasteiger charge is 2.14. The summed E-state index contributed by atoms with van der Waals surface area (Å²) in [4.78, 5) is 16.9. The zero-order valence-corrected chi connectivity index (χ0v) is 15.7. The molecule has 3 aromatic rings. The van der Waals surface area contributed by atoms with Crippen LogP contribution in [0.25, 0.3) is 11.1 Å². The van der Waals surface area contributed by atoms with E-state index in [0.717, 1.165) is 26.7 Å². The predicted octanol–water partition coefficient (Wildman–Crippen LogP) is 5.25. The van der Waals surface area contributed by atoms with Gasteiger partial charge in [0.05, 0.1) is 11.6 Å². The molecule has 4 heteroatoms. The van der Waals surface area contributed by atoms with Gasteiger partial charge in [0.2, 0.25) is 0 Å². The van der Waals surface area contributed by atoms with Gasteiger partial charge in [-0.1, -0.05) is 48.5 Å². The number of Topliss-reactive ketones (excluding diaryl/α,β-unsaturated/α-hetero) is 1. The SMILES string of the molecule is COc1cc(C(=O)Cc2cccc(-c3ccccc3)c2C)ncc1Br. The number of nitrogens with zero attached hydrogens (tertiary/aromatic N) is 1. The van der Waals surface area contributed by atoms with E-state index in [4.69, 9.17) is 4.74 Å². The second-order valence-corrected chi connectivity index (χ2v) is 6.61. The molecule has 3 rings (SSSR count). The predicted molar refractivity (Wildman–Crippen MR) is 103 cm³/mol. The van der Waals surface area contributed by atoms with Gasteiger partial charge in [0.1, 0.15) is 11.4 Å². The van der Waals surface area contributed by atoms with Crippen LogP contribution < -0.4 is 4.74 Å². The minimum atomic E-state index is -0.0286. The first kappa shape index (κ1) is 17.4. The maximum Gasteiger partial charge on any atom is 0.185 e. The Morgan fingerprint density at radius 2 is 1.88 bits per heavy atom. The molecule has 0 N–H and O–H groups in total. The number of ketones is 1. The Hall–Kier alpha value is -2.46. The number of pyridine rings is 1. The fourth-order valence-corrected chi connectivity index (χ4v) is 3.18. The van der Waals surface area contributed by atoms with E-state index in [-0.39, 0.29) is 5.78 Å². The first-order valence-electron chi connectivity index (χ1n) is 7.97. The molecule has 126 valence electrons. The van der Waals surface area contributed by atoms with Crippen LogP contribution in [0.15, 0.2) is 65.3 Å². The molecule has 0 aliphatic rings. The van der Waals surface area contributed by atoms with Gasteiger partial charge in [-0.3, -0.25) is 9.78 Å². The second-order valence-electron chi connectivity index (χ2n) is 5.76. The van der Waals surface area contributed by atoms with Crippen molar-refractivity contribution in [1.82, 2.24) is 4.98 Å². The summed E-state index contributed by atoms with van der Waals surface area (Å²) < 4.78 is 5.98. The average Bonchev–Trinajstić information content (AvgIpc) is 2.64. The van der Waals surface area contributed by atoms with Crippen molar-refractivity contribution in [1.29, 1.82) is 0 Å². The van der Waals surface area contributed by atoms with Gasteiger partial charge in [-0.2, -0.15) is 0 Å². The van der Waals surface area contributed by atoms with Gasteiger partial charge >= 0.3 is 0 Å². The largest absolute Gasteiger partial charge is 0.495 e. The van der Waals surface area contributed by atoms with E-state index in [2.05, 4.69) is 46.0 Å². The molecule has 1 aromatic heterocycles. The van der Waals surface area contributed by atoms with E-state index in [9.17, 15) is 4.79 Å². The third kappa shape index (κ3) is 3.80. The van der Waals surface area contributed by atoms with Crippen molar-refractivity contribution in [3.05, 3.63) is 82.1 Å². The van der Waals surface area contributed by atoms with E-state index in [0.29, 0.717) is 17.9 Å². The van der Waals surface area contributed by atoms with Crippen LogP contribution in [-0.2, 0) is 6.42 Å². The quantitative estimate of drug-likeness (QED) is 0.553. The summed E-state index contributed by atoms with van der Waals surface area (Å²) in [6.07, 6.45) is 1.91. The van der Waals surface area contributed by atoms with Crippen LogP contribution in [-0.4, -0.2) is 17.9 Å². The summed E-state index contributed by atoms with van der Waals surface area (Å²) in [5.41, 5.74) is 4.83. The summed E-state index contributed by atoms with van der Waals surface area (Å²) in [7, 11) is 1.57. The molecule has 0 aliphatic heterocycles. The van der Waals surface area contributed by atoms with E-state index < -0.39 is 0 Å². The highest BCUT2D eigenvalue weighted by atomic mass is 79.9. The number of hydrogen-bond donors (Lipinski definition) is 0. The summed E-state index contributed by atoms with van der Waals surface area (Å²) in [6.45, 7) is 2.06. The molecular formula is C21H18BrNO2. The number of methoxy groups -OCH3 is 1. The van der Waals surface area contributed by atoms with Gasteiger partial charge in [0, 0.05) is 18.7 Å². The maximum absolute atomic E-state index is 12.7. The van der Waals surface area contributed by atoms with Crippen molar-refractivity contribution < 1.29 is 9.53 Å². The van der Waals surface area contributed by atoms with Gasteiger partial charge in [-0.15, -0.1) is 0 Å². The van der Waals surface area contributed by atoms with Crippen LogP contribution >= 0.6 is 15.9 Å². The number of aromatic nitrogens is 1. The molecule has 0 radical (unpaired) electrons. The van der Waals surface area contributed by atoms with Gasteiger partial charge in [-0.05, 0) is 45.1 Å². The van der Waals surface area contributed by atoms with E-state index >= 15 is 0 Å². The fourth-order valence-electron chi connectivity index (χ4n) is 2.80. The summed E-state index contributed by atoms with van der Waals surface area (Å²) >= 11 is 3.35. The van der Waals surface area contributed by atoms with Crippen LogP contribution in [0.3, 0.4) is 0 Å². The normalized spacial score (nSPS) is 10.5.